The highest BCUT2D eigenvalue weighted by atomic mass is 32.1. The van der Waals surface area contributed by atoms with Gasteiger partial charge >= 0.3 is 0 Å². The van der Waals surface area contributed by atoms with Crippen molar-refractivity contribution in [3.8, 4) is 0 Å². The van der Waals surface area contributed by atoms with Crippen LogP contribution in [0.1, 0.15) is 32.4 Å². The van der Waals surface area contributed by atoms with Crippen LogP contribution in [0.4, 0.5) is 0 Å². The molecule has 0 amide bonds. The number of hydrogen-bond donors (Lipinski definition) is 1. The summed E-state index contributed by atoms with van der Waals surface area (Å²) in [6, 6.07) is 0.554. The summed E-state index contributed by atoms with van der Waals surface area (Å²) in [7, 11) is 2.16. The van der Waals surface area contributed by atoms with Gasteiger partial charge in [-0.25, -0.2) is 4.98 Å². The third-order valence-corrected chi connectivity index (χ3v) is 3.43. The lowest BCUT2D eigenvalue weighted by Gasteiger charge is -2.24. The van der Waals surface area contributed by atoms with Crippen LogP contribution in [0.2, 0.25) is 0 Å². The van der Waals surface area contributed by atoms with E-state index in [1.807, 2.05) is 5.51 Å². The first-order valence-electron chi connectivity index (χ1n) is 6.02. The Hall–Kier alpha value is -0.450. The maximum atomic E-state index is 4.30. The summed E-state index contributed by atoms with van der Waals surface area (Å²) in [4.78, 5) is 6.65. The molecule has 0 saturated carbocycles. The molecule has 0 radical (unpaired) electrons. The molecule has 1 atom stereocenters. The van der Waals surface area contributed by atoms with E-state index in [2.05, 4.69) is 41.5 Å². The predicted octanol–water partition coefficient (Wildman–Crippen LogP) is 2.35. The molecular formula is C12H23N3S. The van der Waals surface area contributed by atoms with Crippen LogP contribution in [0, 0.1) is 0 Å². The SMILES string of the molecule is CCCCNCC(C)N(C)Cc1cscn1. The van der Waals surface area contributed by atoms with Gasteiger partial charge in [0, 0.05) is 24.5 Å². The summed E-state index contributed by atoms with van der Waals surface area (Å²) in [5.41, 5.74) is 3.07. The van der Waals surface area contributed by atoms with E-state index in [0.717, 1.165) is 19.6 Å². The zero-order valence-corrected chi connectivity index (χ0v) is 11.4. The van der Waals surface area contributed by atoms with E-state index in [4.69, 9.17) is 0 Å². The van der Waals surface area contributed by atoms with Gasteiger partial charge in [0.05, 0.1) is 11.2 Å². The summed E-state index contributed by atoms with van der Waals surface area (Å²) in [6.45, 7) is 7.61. The van der Waals surface area contributed by atoms with Gasteiger partial charge in [-0.1, -0.05) is 13.3 Å². The minimum atomic E-state index is 0.554. The summed E-state index contributed by atoms with van der Waals surface area (Å²) in [5.74, 6) is 0. The van der Waals surface area contributed by atoms with E-state index in [1.54, 1.807) is 11.3 Å². The van der Waals surface area contributed by atoms with Gasteiger partial charge in [-0.2, -0.15) is 0 Å². The van der Waals surface area contributed by atoms with Crippen LogP contribution in [0.5, 0.6) is 0 Å². The molecule has 92 valence electrons. The molecule has 1 aromatic heterocycles. The van der Waals surface area contributed by atoms with E-state index < -0.39 is 0 Å². The lowest BCUT2D eigenvalue weighted by Crippen LogP contribution is -2.37. The largest absolute Gasteiger partial charge is 0.315 e. The number of hydrogen-bond acceptors (Lipinski definition) is 4. The molecule has 1 N–H and O–H groups in total. The van der Waals surface area contributed by atoms with Gasteiger partial charge in [-0.15, -0.1) is 11.3 Å². The number of nitrogens with one attached hydrogen (secondary N) is 1. The summed E-state index contributed by atoms with van der Waals surface area (Å²) in [6.07, 6.45) is 2.53. The Morgan fingerprint density at radius 1 is 1.56 bits per heavy atom. The van der Waals surface area contributed by atoms with Crippen LogP contribution >= 0.6 is 11.3 Å². The second-order valence-corrected chi connectivity index (χ2v) is 5.02. The molecule has 1 heterocycles. The second kappa shape index (κ2) is 7.76. The molecule has 0 aromatic carbocycles. The number of rotatable bonds is 8. The number of thiazole rings is 1. The molecule has 1 unspecified atom stereocenters. The molecular weight excluding hydrogens is 218 g/mol. The predicted molar refractivity (Wildman–Crippen MR) is 70.8 cm³/mol. The van der Waals surface area contributed by atoms with Crippen LogP contribution in [-0.4, -0.2) is 36.1 Å². The maximum Gasteiger partial charge on any atom is 0.0795 e. The van der Waals surface area contributed by atoms with Crippen LogP contribution < -0.4 is 5.32 Å². The second-order valence-electron chi connectivity index (χ2n) is 4.30. The highest BCUT2D eigenvalue weighted by Crippen LogP contribution is 2.06. The van der Waals surface area contributed by atoms with Gasteiger partial charge in [0.2, 0.25) is 0 Å². The van der Waals surface area contributed by atoms with Crippen molar-refractivity contribution in [2.45, 2.75) is 39.3 Å². The van der Waals surface area contributed by atoms with Gasteiger partial charge in [0.1, 0.15) is 0 Å². The first kappa shape index (κ1) is 13.6. The quantitative estimate of drug-likeness (QED) is 0.708. The van der Waals surface area contributed by atoms with Crippen molar-refractivity contribution < 1.29 is 0 Å². The third kappa shape index (κ3) is 5.05. The highest BCUT2D eigenvalue weighted by molar-refractivity contribution is 7.07. The summed E-state index contributed by atoms with van der Waals surface area (Å²) >= 11 is 1.66. The molecule has 1 rings (SSSR count). The number of likely N-dealkylation sites (N-methyl/N-ethyl adjacent to an activating group) is 1. The van der Waals surface area contributed by atoms with Crippen molar-refractivity contribution >= 4 is 11.3 Å². The van der Waals surface area contributed by atoms with E-state index in [1.165, 1.54) is 18.5 Å². The van der Waals surface area contributed by atoms with Gasteiger partial charge in [0.15, 0.2) is 0 Å². The van der Waals surface area contributed by atoms with Gasteiger partial charge in [-0.05, 0) is 26.9 Å². The Labute approximate surface area is 103 Å². The Morgan fingerprint density at radius 2 is 2.38 bits per heavy atom. The Bertz CT molecular complexity index is 261. The fourth-order valence-electron chi connectivity index (χ4n) is 1.50. The highest BCUT2D eigenvalue weighted by Gasteiger charge is 2.09. The van der Waals surface area contributed by atoms with Crippen LogP contribution in [0.25, 0.3) is 0 Å². The fourth-order valence-corrected chi connectivity index (χ4v) is 2.05. The number of unbranched alkanes of at least 4 members (excludes halogenated alkanes) is 1. The lowest BCUT2D eigenvalue weighted by atomic mass is 10.2. The molecule has 0 spiro atoms. The van der Waals surface area contributed by atoms with Crippen molar-refractivity contribution in [3.05, 3.63) is 16.6 Å². The molecule has 0 saturated heterocycles. The average Bonchev–Trinajstić information content (AvgIpc) is 2.76. The molecule has 0 fully saturated rings. The van der Waals surface area contributed by atoms with Gasteiger partial charge < -0.3 is 5.32 Å². The minimum Gasteiger partial charge on any atom is -0.315 e. The van der Waals surface area contributed by atoms with Crippen LogP contribution in [-0.2, 0) is 6.54 Å². The number of aromatic nitrogens is 1. The number of nitrogens with zero attached hydrogens (tertiary/aromatic N) is 2. The molecule has 4 heteroatoms. The van der Waals surface area contributed by atoms with Gasteiger partial charge in [0.25, 0.3) is 0 Å². The van der Waals surface area contributed by atoms with Crippen molar-refractivity contribution in [1.29, 1.82) is 0 Å². The molecule has 1 aromatic rings. The molecule has 3 nitrogen and oxygen atoms in total. The van der Waals surface area contributed by atoms with E-state index in [9.17, 15) is 0 Å². The van der Waals surface area contributed by atoms with Crippen molar-refractivity contribution in [3.63, 3.8) is 0 Å². The molecule has 0 bridgehead atoms. The first-order valence-corrected chi connectivity index (χ1v) is 6.96. The minimum absolute atomic E-state index is 0.554. The smallest absolute Gasteiger partial charge is 0.0795 e. The monoisotopic (exact) mass is 241 g/mol. The lowest BCUT2D eigenvalue weighted by molar-refractivity contribution is 0.240. The molecule has 0 aliphatic carbocycles. The van der Waals surface area contributed by atoms with Crippen molar-refractivity contribution in [2.24, 2.45) is 0 Å². The first-order chi connectivity index (χ1) is 7.74. The van der Waals surface area contributed by atoms with Crippen molar-refractivity contribution in [1.82, 2.24) is 15.2 Å². The average molecular weight is 241 g/mol. The standard InChI is InChI=1S/C12H23N3S/c1-4-5-6-13-7-11(2)15(3)8-12-9-16-10-14-12/h9-11,13H,4-8H2,1-3H3. The zero-order chi connectivity index (χ0) is 11.8. The summed E-state index contributed by atoms with van der Waals surface area (Å²) in [5, 5.41) is 5.61. The Kier molecular flexibility index (Phi) is 6.61. The van der Waals surface area contributed by atoms with Gasteiger partial charge in [-0.3, -0.25) is 4.90 Å². The van der Waals surface area contributed by atoms with E-state index in [-0.39, 0.29) is 0 Å². The normalized spacial score (nSPS) is 13.2. The topological polar surface area (TPSA) is 28.2 Å². The fraction of sp³-hybridized carbons (Fsp3) is 0.750. The maximum absolute atomic E-state index is 4.30. The van der Waals surface area contributed by atoms with Crippen molar-refractivity contribution in [2.75, 3.05) is 20.1 Å². The van der Waals surface area contributed by atoms with E-state index in [0.29, 0.717) is 6.04 Å². The van der Waals surface area contributed by atoms with Crippen LogP contribution in [0.3, 0.4) is 0 Å². The van der Waals surface area contributed by atoms with Crippen LogP contribution in [0.15, 0.2) is 10.9 Å². The third-order valence-electron chi connectivity index (χ3n) is 2.79. The molecule has 0 aliphatic rings. The molecule has 0 aliphatic heterocycles. The summed E-state index contributed by atoms with van der Waals surface area (Å²) < 4.78 is 0. The Morgan fingerprint density at radius 3 is 3.00 bits per heavy atom. The Balaban J connectivity index is 2.17. The van der Waals surface area contributed by atoms with E-state index >= 15 is 0 Å². The zero-order valence-electron chi connectivity index (χ0n) is 10.6. The molecule has 16 heavy (non-hydrogen) atoms.